The molecule has 1 unspecified atom stereocenters. The van der Waals surface area contributed by atoms with Crippen molar-refractivity contribution < 1.29 is 10.2 Å². The topological polar surface area (TPSA) is 52.5 Å². The van der Waals surface area contributed by atoms with Crippen LogP contribution in [-0.4, -0.2) is 37.0 Å². The van der Waals surface area contributed by atoms with Gasteiger partial charge in [0.1, 0.15) is 0 Å². The second-order valence-electron chi connectivity index (χ2n) is 2.45. The first-order valence-corrected chi connectivity index (χ1v) is 3.71. The van der Waals surface area contributed by atoms with Gasteiger partial charge in [-0.2, -0.15) is 0 Å². The van der Waals surface area contributed by atoms with E-state index in [0.29, 0.717) is 6.42 Å². The smallest absolute Gasteiger partial charge is 0.0460 e. The lowest BCUT2D eigenvalue weighted by Gasteiger charge is -2.10. The van der Waals surface area contributed by atoms with Crippen LogP contribution in [0.3, 0.4) is 0 Å². The molecule has 3 nitrogen and oxygen atoms in total. The quantitative estimate of drug-likeness (QED) is 0.478. The van der Waals surface area contributed by atoms with Crippen LogP contribution in [0.2, 0.25) is 0 Å². The molecule has 0 spiro atoms. The van der Waals surface area contributed by atoms with Crippen molar-refractivity contribution in [2.75, 3.05) is 26.8 Å². The summed E-state index contributed by atoms with van der Waals surface area (Å²) in [6.45, 7) is 1.27. The highest BCUT2D eigenvalue weighted by molar-refractivity contribution is 4.57. The molecule has 0 rings (SSSR count). The molecule has 0 heterocycles. The summed E-state index contributed by atoms with van der Waals surface area (Å²) in [6.07, 6.45) is 1.64. The van der Waals surface area contributed by atoms with E-state index in [1.165, 1.54) is 0 Å². The van der Waals surface area contributed by atoms with E-state index in [1.807, 2.05) is 7.05 Å². The molecule has 0 aliphatic rings. The van der Waals surface area contributed by atoms with Crippen molar-refractivity contribution in [3.8, 4) is 0 Å². The Kier molecular flexibility index (Phi) is 6.91. The van der Waals surface area contributed by atoms with E-state index < -0.39 is 0 Å². The van der Waals surface area contributed by atoms with E-state index in [9.17, 15) is 0 Å². The van der Waals surface area contributed by atoms with Crippen molar-refractivity contribution in [3.63, 3.8) is 0 Å². The molecule has 3 N–H and O–H groups in total. The number of aliphatic hydroxyl groups is 2. The zero-order valence-electron chi connectivity index (χ0n) is 6.51. The van der Waals surface area contributed by atoms with E-state index in [2.05, 4.69) is 5.32 Å². The Balaban J connectivity index is 3.21. The Morgan fingerprint density at radius 1 is 1.30 bits per heavy atom. The molecule has 0 saturated carbocycles. The summed E-state index contributed by atoms with van der Waals surface area (Å²) >= 11 is 0. The third kappa shape index (κ3) is 4.73. The average Bonchev–Trinajstić information content (AvgIpc) is 1.98. The van der Waals surface area contributed by atoms with E-state index >= 15 is 0 Å². The van der Waals surface area contributed by atoms with Crippen molar-refractivity contribution in [2.24, 2.45) is 5.92 Å². The van der Waals surface area contributed by atoms with E-state index in [-0.39, 0.29) is 19.1 Å². The molecule has 0 amide bonds. The summed E-state index contributed by atoms with van der Waals surface area (Å²) in [5.41, 5.74) is 0. The van der Waals surface area contributed by atoms with Gasteiger partial charge >= 0.3 is 0 Å². The van der Waals surface area contributed by atoms with Crippen molar-refractivity contribution in [1.29, 1.82) is 0 Å². The molecule has 1 atom stereocenters. The summed E-state index contributed by atoms with van der Waals surface area (Å²) in [4.78, 5) is 0. The Morgan fingerprint density at radius 3 is 2.40 bits per heavy atom. The van der Waals surface area contributed by atoms with E-state index in [1.54, 1.807) is 0 Å². The van der Waals surface area contributed by atoms with Crippen molar-refractivity contribution in [2.45, 2.75) is 12.8 Å². The fraction of sp³-hybridized carbons (Fsp3) is 1.00. The van der Waals surface area contributed by atoms with Gasteiger partial charge in [0.15, 0.2) is 0 Å². The van der Waals surface area contributed by atoms with Crippen LogP contribution in [0.15, 0.2) is 0 Å². The SMILES string of the molecule is CNCCC(CO)CCO. The van der Waals surface area contributed by atoms with Crippen LogP contribution in [0.25, 0.3) is 0 Å². The van der Waals surface area contributed by atoms with Gasteiger partial charge in [0.2, 0.25) is 0 Å². The second kappa shape index (κ2) is 6.99. The first kappa shape index (κ1) is 9.88. The predicted octanol–water partition coefficient (Wildman–Crippen LogP) is -0.413. The highest BCUT2D eigenvalue weighted by Crippen LogP contribution is 2.04. The predicted molar refractivity (Wildman–Crippen MR) is 40.8 cm³/mol. The number of hydrogen-bond donors (Lipinski definition) is 3. The molecule has 62 valence electrons. The first-order chi connectivity index (χ1) is 4.85. The highest BCUT2D eigenvalue weighted by Gasteiger charge is 2.04. The third-order valence-electron chi connectivity index (χ3n) is 1.60. The van der Waals surface area contributed by atoms with Crippen LogP contribution in [-0.2, 0) is 0 Å². The van der Waals surface area contributed by atoms with Crippen LogP contribution >= 0.6 is 0 Å². The molecule has 0 aromatic heterocycles. The highest BCUT2D eigenvalue weighted by atomic mass is 16.3. The Bertz CT molecular complexity index is 68.6. The number of nitrogens with one attached hydrogen (secondary N) is 1. The maximum absolute atomic E-state index is 8.74. The Morgan fingerprint density at radius 2 is 2.00 bits per heavy atom. The fourth-order valence-corrected chi connectivity index (χ4v) is 0.858. The molecular formula is C7H17NO2. The van der Waals surface area contributed by atoms with E-state index in [4.69, 9.17) is 10.2 Å². The molecule has 0 fully saturated rings. The van der Waals surface area contributed by atoms with Gasteiger partial charge in [-0.15, -0.1) is 0 Å². The number of hydrogen-bond acceptors (Lipinski definition) is 3. The zero-order chi connectivity index (χ0) is 7.82. The minimum Gasteiger partial charge on any atom is -0.396 e. The van der Waals surface area contributed by atoms with Gasteiger partial charge in [-0.1, -0.05) is 0 Å². The molecule has 3 heteroatoms. The van der Waals surface area contributed by atoms with Gasteiger partial charge in [0, 0.05) is 13.2 Å². The van der Waals surface area contributed by atoms with Gasteiger partial charge < -0.3 is 15.5 Å². The van der Waals surface area contributed by atoms with Crippen LogP contribution in [0.5, 0.6) is 0 Å². The largest absolute Gasteiger partial charge is 0.396 e. The van der Waals surface area contributed by atoms with Crippen LogP contribution < -0.4 is 5.32 Å². The zero-order valence-corrected chi connectivity index (χ0v) is 6.51. The van der Waals surface area contributed by atoms with Crippen molar-refractivity contribution in [3.05, 3.63) is 0 Å². The second-order valence-corrected chi connectivity index (χ2v) is 2.45. The molecule has 0 aromatic carbocycles. The van der Waals surface area contributed by atoms with E-state index in [0.717, 1.165) is 13.0 Å². The first-order valence-electron chi connectivity index (χ1n) is 3.71. The van der Waals surface area contributed by atoms with Gasteiger partial charge in [0.05, 0.1) is 0 Å². The monoisotopic (exact) mass is 147 g/mol. The molecule has 0 radical (unpaired) electrons. The fourth-order valence-electron chi connectivity index (χ4n) is 0.858. The molecule has 0 aromatic rings. The molecule has 0 aliphatic carbocycles. The molecule has 0 bridgehead atoms. The maximum Gasteiger partial charge on any atom is 0.0460 e. The maximum atomic E-state index is 8.74. The molecule has 0 saturated heterocycles. The Labute approximate surface area is 62.1 Å². The molecule has 10 heavy (non-hydrogen) atoms. The summed E-state index contributed by atoms with van der Waals surface area (Å²) in [5.74, 6) is 0.262. The Hall–Kier alpha value is -0.120. The lowest BCUT2D eigenvalue weighted by Crippen LogP contribution is -2.16. The summed E-state index contributed by atoms with van der Waals surface area (Å²) in [7, 11) is 1.88. The minimum absolute atomic E-state index is 0.176. The van der Waals surface area contributed by atoms with Crippen LogP contribution in [0.4, 0.5) is 0 Å². The summed E-state index contributed by atoms with van der Waals surface area (Å²) < 4.78 is 0. The lowest BCUT2D eigenvalue weighted by atomic mass is 10.0. The molecular weight excluding hydrogens is 130 g/mol. The summed E-state index contributed by atoms with van der Waals surface area (Å²) in [5, 5.41) is 20.3. The molecule has 0 aliphatic heterocycles. The number of aliphatic hydroxyl groups excluding tert-OH is 2. The van der Waals surface area contributed by atoms with Gasteiger partial charge in [0.25, 0.3) is 0 Å². The van der Waals surface area contributed by atoms with Gasteiger partial charge in [-0.05, 0) is 32.4 Å². The third-order valence-corrected chi connectivity index (χ3v) is 1.60. The van der Waals surface area contributed by atoms with Crippen molar-refractivity contribution in [1.82, 2.24) is 5.32 Å². The summed E-state index contributed by atoms with van der Waals surface area (Å²) in [6, 6.07) is 0. The van der Waals surface area contributed by atoms with Crippen molar-refractivity contribution >= 4 is 0 Å². The minimum atomic E-state index is 0.176. The van der Waals surface area contributed by atoms with Crippen LogP contribution in [0.1, 0.15) is 12.8 Å². The number of rotatable bonds is 6. The standard InChI is InChI=1S/C7H17NO2/c1-8-4-2-7(6-10)3-5-9/h7-10H,2-6H2,1H3. The average molecular weight is 147 g/mol. The van der Waals surface area contributed by atoms with Gasteiger partial charge in [-0.3, -0.25) is 0 Å². The lowest BCUT2D eigenvalue weighted by molar-refractivity contribution is 0.177. The van der Waals surface area contributed by atoms with Crippen LogP contribution in [0, 0.1) is 5.92 Å². The van der Waals surface area contributed by atoms with Gasteiger partial charge in [-0.25, -0.2) is 0 Å². The normalized spacial score (nSPS) is 13.5.